The summed E-state index contributed by atoms with van der Waals surface area (Å²) in [5.41, 5.74) is 4.51. The van der Waals surface area contributed by atoms with E-state index in [4.69, 9.17) is 4.98 Å². The summed E-state index contributed by atoms with van der Waals surface area (Å²) in [6, 6.07) is 8.45. The molecule has 4 rings (SSSR count). The van der Waals surface area contributed by atoms with Crippen LogP contribution in [0.15, 0.2) is 36.7 Å². The summed E-state index contributed by atoms with van der Waals surface area (Å²) >= 11 is 0. The molecule has 0 atom stereocenters. The number of hydrogen-bond donors (Lipinski definition) is 2. The van der Waals surface area contributed by atoms with E-state index in [0.717, 1.165) is 44.0 Å². The molecule has 0 saturated carbocycles. The fourth-order valence-corrected chi connectivity index (χ4v) is 3.56. The van der Waals surface area contributed by atoms with Gasteiger partial charge in [0.2, 0.25) is 0 Å². The van der Waals surface area contributed by atoms with Gasteiger partial charge in [-0.25, -0.2) is 9.97 Å². The van der Waals surface area contributed by atoms with Crippen LogP contribution in [0.25, 0.3) is 22.4 Å². The molecule has 6 nitrogen and oxygen atoms in total. The molecule has 146 valence electrons. The monoisotopic (exact) mass is 377 g/mol. The number of H-pyrrole nitrogens is 1. The van der Waals surface area contributed by atoms with Gasteiger partial charge in [0.05, 0.1) is 17.5 Å². The van der Waals surface area contributed by atoms with Crippen molar-refractivity contribution in [2.45, 2.75) is 27.3 Å². The maximum absolute atomic E-state index is 12.8. The van der Waals surface area contributed by atoms with Gasteiger partial charge in [-0.3, -0.25) is 9.69 Å². The summed E-state index contributed by atoms with van der Waals surface area (Å²) in [5, 5.41) is 3.39. The third-order valence-corrected chi connectivity index (χ3v) is 5.15. The van der Waals surface area contributed by atoms with Crippen molar-refractivity contribution in [1.82, 2.24) is 25.2 Å². The van der Waals surface area contributed by atoms with Crippen LogP contribution in [-0.4, -0.2) is 51.8 Å². The minimum absolute atomic E-state index is 0.0673. The van der Waals surface area contributed by atoms with Crippen molar-refractivity contribution in [3.8, 4) is 11.3 Å². The van der Waals surface area contributed by atoms with E-state index in [1.165, 1.54) is 5.56 Å². The lowest BCUT2D eigenvalue weighted by Gasteiger charge is -2.27. The highest BCUT2D eigenvalue weighted by Crippen LogP contribution is 2.27. The Hall–Kier alpha value is -2.57. The topological polar surface area (TPSA) is 73.9 Å². The van der Waals surface area contributed by atoms with E-state index in [-0.39, 0.29) is 5.78 Å². The summed E-state index contributed by atoms with van der Waals surface area (Å²) < 4.78 is 0. The minimum Gasteiger partial charge on any atom is -0.344 e. The van der Waals surface area contributed by atoms with E-state index < -0.39 is 5.41 Å². The van der Waals surface area contributed by atoms with Crippen LogP contribution in [0.4, 0.5) is 0 Å². The number of nitrogens with zero attached hydrogens (tertiary/aromatic N) is 3. The number of hydrogen-bond acceptors (Lipinski definition) is 5. The summed E-state index contributed by atoms with van der Waals surface area (Å²) in [6.45, 7) is 10.9. The van der Waals surface area contributed by atoms with Gasteiger partial charge in [-0.1, -0.05) is 39.0 Å². The van der Waals surface area contributed by atoms with Gasteiger partial charge in [0.1, 0.15) is 5.52 Å². The molecule has 3 aromatic rings. The average Bonchev–Trinajstić information content (AvgIpc) is 3.10. The number of fused-ring (bicyclic) bond motifs is 1. The van der Waals surface area contributed by atoms with Gasteiger partial charge in [-0.05, 0) is 11.6 Å². The maximum atomic E-state index is 12.8. The number of carbonyl (C=O) groups excluding carboxylic acids is 1. The number of carbonyl (C=O) groups is 1. The van der Waals surface area contributed by atoms with E-state index in [9.17, 15) is 4.79 Å². The van der Waals surface area contributed by atoms with Gasteiger partial charge < -0.3 is 10.3 Å². The van der Waals surface area contributed by atoms with Crippen molar-refractivity contribution < 1.29 is 4.79 Å². The van der Waals surface area contributed by atoms with Crippen LogP contribution < -0.4 is 5.32 Å². The Morgan fingerprint density at radius 1 is 1.21 bits per heavy atom. The average molecular weight is 377 g/mol. The Balaban J connectivity index is 1.65. The van der Waals surface area contributed by atoms with Crippen LogP contribution in [-0.2, 0) is 6.54 Å². The van der Waals surface area contributed by atoms with Crippen molar-refractivity contribution in [1.29, 1.82) is 0 Å². The maximum Gasteiger partial charge on any atom is 0.171 e. The number of ketones is 1. The van der Waals surface area contributed by atoms with Crippen LogP contribution in [0.3, 0.4) is 0 Å². The number of rotatable bonds is 4. The first-order valence-corrected chi connectivity index (χ1v) is 9.83. The number of Topliss-reactive ketones (excluding diaryl/α,β-unsaturated/α-hetero) is 1. The van der Waals surface area contributed by atoms with E-state index in [1.807, 2.05) is 20.8 Å². The first kappa shape index (κ1) is 18.8. The normalized spacial score (nSPS) is 15.8. The van der Waals surface area contributed by atoms with Crippen LogP contribution >= 0.6 is 0 Å². The minimum atomic E-state index is -0.462. The highest BCUT2D eigenvalue weighted by atomic mass is 16.1. The number of aromatic nitrogens is 3. The molecule has 2 N–H and O–H groups in total. The zero-order chi connectivity index (χ0) is 19.7. The molecule has 1 fully saturated rings. The number of benzene rings is 1. The fourth-order valence-electron chi connectivity index (χ4n) is 3.56. The van der Waals surface area contributed by atoms with Crippen molar-refractivity contribution in [2.24, 2.45) is 5.41 Å². The Bertz CT molecular complexity index is 996. The zero-order valence-corrected chi connectivity index (χ0v) is 16.7. The molecule has 1 aliphatic heterocycles. The van der Waals surface area contributed by atoms with Gasteiger partial charge in [0.25, 0.3) is 0 Å². The summed E-state index contributed by atoms with van der Waals surface area (Å²) in [6.07, 6.45) is 3.50. The molecule has 0 aliphatic carbocycles. The lowest BCUT2D eigenvalue weighted by atomic mass is 9.87. The summed E-state index contributed by atoms with van der Waals surface area (Å²) in [5.74, 6) is 0.0673. The van der Waals surface area contributed by atoms with Gasteiger partial charge in [0.15, 0.2) is 11.4 Å². The molecular weight excluding hydrogens is 350 g/mol. The van der Waals surface area contributed by atoms with E-state index in [2.05, 4.69) is 44.5 Å². The van der Waals surface area contributed by atoms with E-state index >= 15 is 0 Å². The number of aromatic amines is 1. The van der Waals surface area contributed by atoms with E-state index in [0.29, 0.717) is 16.7 Å². The Morgan fingerprint density at radius 2 is 2.00 bits per heavy atom. The SMILES string of the molecule is CC(C)(C)C(=O)c1c[nH]c2ncc(-c3cccc(CN4CCNCC4)c3)nc12. The highest BCUT2D eigenvalue weighted by Gasteiger charge is 2.26. The van der Waals surface area contributed by atoms with Crippen molar-refractivity contribution in [3.63, 3.8) is 0 Å². The second-order valence-corrected chi connectivity index (χ2v) is 8.46. The Labute approximate surface area is 165 Å². The van der Waals surface area contributed by atoms with Crippen molar-refractivity contribution >= 4 is 16.9 Å². The molecular formula is C22H27N5O. The fraction of sp³-hybridized carbons (Fsp3) is 0.409. The molecule has 1 aromatic carbocycles. The molecule has 28 heavy (non-hydrogen) atoms. The third kappa shape index (κ3) is 3.84. The quantitative estimate of drug-likeness (QED) is 0.683. The molecule has 0 unspecified atom stereocenters. The summed E-state index contributed by atoms with van der Waals surface area (Å²) in [7, 11) is 0. The Morgan fingerprint density at radius 3 is 2.75 bits per heavy atom. The Kier molecular flexibility index (Phi) is 5.00. The standard InChI is InChI=1S/C22H27N5O/c1-22(2,3)20(28)17-12-24-21-19(17)26-18(13-25-21)16-6-4-5-15(11-16)14-27-9-7-23-8-10-27/h4-6,11-13,23H,7-10,14H2,1-3H3,(H,24,25). The smallest absolute Gasteiger partial charge is 0.171 e. The van der Waals surface area contributed by atoms with Crippen molar-refractivity contribution in [3.05, 3.63) is 47.8 Å². The number of nitrogens with one attached hydrogen (secondary N) is 2. The largest absolute Gasteiger partial charge is 0.344 e. The van der Waals surface area contributed by atoms with Crippen LogP contribution in [0.1, 0.15) is 36.7 Å². The zero-order valence-electron chi connectivity index (χ0n) is 16.7. The highest BCUT2D eigenvalue weighted by molar-refractivity contribution is 6.08. The second-order valence-electron chi connectivity index (χ2n) is 8.46. The third-order valence-electron chi connectivity index (χ3n) is 5.15. The lowest BCUT2D eigenvalue weighted by Crippen LogP contribution is -2.42. The van der Waals surface area contributed by atoms with E-state index in [1.54, 1.807) is 12.4 Å². The predicted octanol–water partition coefficient (Wildman–Crippen LogP) is 3.26. The number of piperazine rings is 1. The van der Waals surface area contributed by atoms with Gasteiger partial charge in [-0.2, -0.15) is 0 Å². The molecule has 6 heteroatoms. The van der Waals surface area contributed by atoms with Crippen LogP contribution in [0, 0.1) is 5.41 Å². The first-order chi connectivity index (χ1) is 13.4. The predicted molar refractivity (Wildman–Crippen MR) is 111 cm³/mol. The van der Waals surface area contributed by atoms with Crippen LogP contribution in [0.2, 0.25) is 0 Å². The summed E-state index contributed by atoms with van der Waals surface area (Å²) in [4.78, 5) is 27.6. The molecule has 0 amide bonds. The molecule has 2 aromatic heterocycles. The van der Waals surface area contributed by atoms with Crippen LogP contribution in [0.5, 0.6) is 0 Å². The molecule has 0 radical (unpaired) electrons. The van der Waals surface area contributed by atoms with Gasteiger partial charge in [0, 0.05) is 49.9 Å². The van der Waals surface area contributed by atoms with Gasteiger partial charge in [-0.15, -0.1) is 0 Å². The van der Waals surface area contributed by atoms with Crippen molar-refractivity contribution in [2.75, 3.05) is 26.2 Å². The molecule has 0 bridgehead atoms. The second kappa shape index (κ2) is 7.45. The van der Waals surface area contributed by atoms with Gasteiger partial charge >= 0.3 is 0 Å². The lowest BCUT2D eigenvalue weighted by molar-refractivity contribution is 0.0860. The molecule has 0 spiro atoms. The first-order valence-electron chi connectivity index (χ1n) is 9.83. The molecule has 1 saturated heterocycles. The molecule has 3 heterocycles. The molecule has 1 aliphatic rings.